The molecule has 4 rings (SSSR count). The highest BCUT2D eigenvalue weighted by atomic mass is 16.1. The Morgan fingerprint density at radius 1 is 1.15 bits per heavy atom. The second-order valence-electron chi connectivity index (χ2n) is 11.0. The van der Waals surface area contributed by atoms with Gasteiger partial charge in [0.25, 0.3) is 0 Å². The van der Waals surface area contributed by atoms with E-state index in [1.54, 1.807) is 0 Å². The van der Waals surface area contributed by atoms with Crippen molar-refractivity contribution in [2.45, 2.75) is 86.0 Å². The van der Waals surface area contributed by atoms with E-state index in [2.05, 4.69) is 46.0 Å². The van der Waals surface area contributed by atoms with Gasteiger partial charge >= 0.3 is 0 Å². The molecule has 4 aliphatic rings. The maximum absolute atomic E-state index is 12.0. The molecule has 7 atom stereocenters. The van der Waals surface area contributed by atoms with Crippen molar-refractivity contribution in [2.75, 3.05) is 0 Å². The highest BCUT2D eigenvalue weighted by Gasteiger charge is 2.59. The average Bonchev–Trinajstić information content (AvgIpc) is 2.91. The van der Waals surface area contributed by atoms with Crippen molar-refractivity contribution < 1.29 is 4.79 Å². The minimum Gasteiger partial charge on any atom is -0.330 e. The lowest BCUT2D eigenvalue weighted by molar-refractivity contribution is -0.125. The van der Waals surface area contributed by atoms with Crippen LogP contribution in [0.3, 0.4) is 0 Å². The highest BCUT2D eigenvalue weighted by molar-refractivity contribution is 5.79. The van der Waals surface area contributed by atoms with E-state index in [9.17, 15) is 4.79 Å². The molecule has 26 heavy (non-hydrogen) atoms. The quantitative estimate of drug-likeness (QED) is 0.666. The second kappa shape index (κ2) is 6.38. The van der Waals surface area contributed by atoms with E-state index in [1.165, 1.54) is 44.2 Å². The topological polar surface area (TPSA) is 29.1 Å². The molecule has 0 radical (unpaired) electrons. The van der Waals surface area contributed by atoms with Crippen LogP contribution in [0.15, 0.2) is 11.8 Å². The number of fused-ring (bicyclic) bond motifs is 5. The lowest BCUT2D eigenvalue weighted by Gasteiger charge is -2.59. The summed E-state index contributed by atoms with van der Waals surface area (Å²) >= 11 is 0. The Bertz CT molecular complexity index is 607. The number of hydrogen-bond donors (Lipinski definition) is 1. The van der Waals surface area contributed by atoms with Crippen molar-refractivity contribution in [1.29, 1.82) is 0 Å². The van der Waals surface area contributed by atoms with Crippen molar-refractivity contribution >= 4 is 5.91 Å². The molecule has 1 amide bonds. The number of carbonyl (C=O) groups is 1. The van der Waals surface area contributed by atoms with E-state index in [-0.39, 0.29) is 11.3 Å². The number of rotatable bonds is 3. The molecular weight excluding hydrogens is 318 g/mol. The molecule has 146 valence electrons. The fraction of sp³-hybridized carbons (Fsp3) is 0.875. The molecule has 3 aliphatic carbocycles. The minimum atomic E-state index is 0.211. The van der Waals surface area contributed by atoms with Gasteiger partial charge < -0.3 is 5.32 Å². The van der Waals surface area contributed by atoms with Gasteiger partial charge in [0.15, 0.2) is 0 Å². The van der Waals surface area contributed by atoms with Gasteiger partial charge in [-0.15, -0.1) is 0 Å². The van der Waals surface area contributed by atoms with Crippen LogP contribution in [0, 0.1) is 46.3 Å². The number of allylic oxidation sites excluding steroid dienone is 2. The molecule has 0 bridgehead atoms. The number of carbonyl (C=O) groups excluding carboxylic acids is 1. The molecule has 1 aliphatic heterocycles. The molecule has 0 spiro atoms. The maximum Gasteiger partial charge on any atom is 0.224 e. The summed E-state index contributed by atoms with van der Waals surface area (Å²) in [5.41, 5.74) is 2.03. The average molecular weight is 358 g/mol. The summed E-state index contributed by atoms with van der Waals surface area (Å²) in [7, 11) is 0. The summed E-state index contributed by atoms with van der Waals surface area (Å²) in [6.45, 7) is 12.3. The lowest BCUT2D eigenvalue weighted by atomic mass is 9.47. The van der Waals surface area contributed by atoms with Crippen molar-refractivity contribution in [2.24, 2.45) is 46.3 Å². The van der Waals surface area contributed by atoms with Crippen LogP contribution >= 0.6 is 0 Å². The van der Waals surface area contributed by atoms with Gasteiger partial charge in [-0.2, -0.15) is 0 Å². The van der Waals surface area contributed by atoms with Crippen LogP contribution in [0.2, 0.25) is 0 Å². The van der Waals surface area contributed by atoms with Crippen LogP contribution in [0.1, 0.15) is 86.0 Å². The third-order valence-corrected chi connectivity index (χ3v) is 9.24. The Kier molecular flexibility index (Phi) is 4.56. The Labute approximate surface area is 160 Å². The monoisotopic (exact) mass is 357 g/mol. The molecule has 1 saturated heterocycles. The zero-order valence-electron chi connectivity index (χ0n) is 17.6. The zero-order chi connectivity index (χ0) is 18.7. The largest absolute Gasteiger partial charge is 0.330 e. The number of nitrogens with one attached hydrogen (secondary N) is 1. The number of amides is 1. The molecule has 2 saturated carbocycles. The normalized spacial score (nSPS) is 47.7. The van der Waals surface area contributed by atoms with Crippen LogP contribution in [0.4, 0.5) is 0 Å². The Hall–Kier alpha value is -0.790. The van der Waals surface area contributed by atoms with Gasteiger partial charge in [0.1, 0.15) is 0 Å². The Morgan fingerprint density at radius 3 is 2.65 bits per heavy atom. The first-order chi connectivity index (χ1) is 12.3. The molecule has 0 aromatic heterocycles. The summed E-state index contributed by atoms with van der Waals surface area (Å²) in [5, 5.41) is 3.26. The van der Waals surface area contributed by atoms with Gasteiger partial charge in [-0.25, -0.2) is 0 Å². The summed E-state index contributed by atoms with van der Waals surface area (Å²) in [5.74, 6) is 5.08. The van der Waals surface area contributed by atoms with Gasteiger partial charge in [0.05, 0.1) is 0 Å². The fourth-order valence-corrected chi connectivity index (χ4v) is 7.64. The van der Waals surface area contributed by atoms with E-state index < -0.39 is 0 Å². The van der Waals surface area contributed by atoms with Crippen molar-refractivity contribution in [3.05, 3.63) is 11.8 Å². The van der Waals surface area contributed by atoms with Crippen LogP contribution in [-0.4, -0.2) is 5.91 Å². The third-order valence-electron chi connectivity index (χ3n) is 9.24. The predicted molar refractivity (Wildman–Crippen MR) is 107 cm³/mol. The smallest absolute Gasteiger partial charge is 0.224 e. The van der Waals surface area contributed by atoms with Crippen molar-refractivity contribution in [1.82, 2.24) is 5.32 Å². The van der Waals surface area contributed by atoms with Crippen LogP contribution in [0.25, 0.3) is 0 Å². The summed E-state index contributed by atoms with van der Waals surface area (Å²) in [6, 6.07) is 0. The SMILES string of the molecule is CC(C)CCC1CC[C@H]2[C@@H]3C(C)C=C4NC(=O)CC[C@]4(C)[C@@H]3CC[C@]12C. The maximum atomic E-state index is 12.0. The van der Waals surface area contributed by atoms with Gasteiger partial charge in [-0.3, -0.25) is 4.79 Å². The van der Waals surface area contributed by atoms with Gasteiger partial charge in [0, 0.05) is 17.5 Å². The van der Waals surface area contributed by atoms with Gasteiger partial charge in [-0.05, 0) is 79.4 Å². The Morgan fingerprint density at radius 2 is 1.92 bits per heavy atom. The molecule has 0 aromatic carbocycles. The van der Waals surface area contributed by atoms with Crippen LogP contribution in [0.5, 0.6) is 0 Å². The third kappa shape index (κ3) is 2.69. The van der Waals surface area contributed by atoms with Crippen LogP contribution < -0.4 is 5.32 Å². The first kappa shape index (κ1) is 18.6. The van der Waals surface area contributed by atoms with Crippen molar-refractivity contribution in [3.63, 3.8) is 0 Å². The summed E-state index contributed by atoms with van der Waals surface area (Å²) < 4.78 is 0. The van der Waals surface area contributed by atoms with Gasteiger partial charge in [0.2, 0.25) is 5.91 Å². The molecule has 0 aromatic rings. The van der Waals surface area contributed by atoms with E-state index in [0.29, 0.717) is 17.8 Å². The summed E-state index contributed by atoms with van der Waals surface area (Å²) in [4.78, 5) is 12.0. The highest BCUT2D eigenvalue weighted by Crippen LogP contribution is 2.66. The first-order valence-corrected chi connectivity index (χ1v) is 11.3. The number of hydrogen-bond acceptors (Lipinski definition) is 1. The zero-order valence-corrected chi connectivity index (χ0v) is 17.6. The van der Waals surface area contributed by atoms with Crippen molar-refractivity contribution in [3.8, 4) is 0 Å². The molecule has 1 heterocycles. The molecule has 2 nitrogen and oxygen atoms in total. The van der Waals surface area contributed by atoms with E-state index >= 15 is 0 Å². The van der Waals surface area contributed by atoms with Crippen LogP contribution in [-0.2, 0) is 4.79 Å². The molecule has 2 heteroatoms. The standard InChI is InChI=1S/C24H39NO/c1-15(2)6-7-17-8-9-18-22-16(3)14-20-24(5,13-11-21(26)25-20)19(22)10-12-23(17,18)4/h14-19,22H,6-13H2,1-5H3,(H,25,26)/t16?,17?,18-,19+,22-,23+,24+/m0/s1. The first-order valence-electron chi connectivity index (χ1n) is 11.3. The number of piperidine rings is 1. The van der Waals surface area contributed by atoms with E-state index in [4.69, 9.17) is 0 Å². The Balaban J connectivity index is 1.62. The molecular formula is C24H39NO. The minimum absolute atomic E-state index is 0.211. The molecule has 3 fully saturated rings. The van der Waals surface area contributed by atoms with Gasteiger partial charge in [-0.1, -0.05) is 47.1 Å². The second-order valence-corrected chi connectivity index (χ2v) is 11.0. The fourth-order valence-electron chi connectivity index (χ4n) is 7.64. The predicted octanol–water partition coefficient (Wildman–Crippen LogP) is 5.93. The van der Waals surface area contributed by atoms with E-state index in [0.717, 1.165) is 36.0 Å². The lowest BCUT2D eigenvalue weighted by Crippen LogP contribution is -2.55. The summed E-state index contributed by atoms with van der Waals surface area (Å²) in [6.07, 6.45) is 12.7. The van der Waals surface area contributed by atoms with E-state index in [1.807, 2.05) is 0 Å². The molecule has 2 unspecified atom stereocenters. The molecule has 1 N–H and O–H groups in total.